The Morgan fingerprint density at radius 3 is 2.35 bits per heavy atom. The second-order valence-electron chi connectivity index (χ2n) is 7.76. The summed E-state index contributed by atoms with van der Waals surface area (Å²) in [5, 5.41) is 1.73. The van der Waals surface area contributed by atoms with E-state index in [1.807, 2.05) is 19.1 Å². The summed E-state index contributed by atoms with van der Waals surface area (Å²) in [6.45, 7) is 3.96. The fourth-order valence-corrected chi connectivity index (χ4v) is 3.58. The van der Waals surface area contributed by atoms with Crippen LogP contribution >= 0.6 is 0 Å². The molecule has 2 aromatic carbocycles. The normalized spacial score (nSPS) is 13.3. The highest BCUT2D eigenvalue weighted by Gasteiger charge is 2.17. The van der Waals surface area contributed by atoms with E-state index in [2.05, 4.69) is 6.92 Å². The van der Waals surface area contributed by atoms with Gasteiger partial charge in [-0.2, -0.15) is 0 Å². The van der Waals surface area contributed by atoms with Gasteiger partial charge >= 0.3 is 11.9 Å². The van der Waals surface area contributed by atoms with Crippen molar-refractivity contribution in [1.29, 1.82) is 0 Å². The molecule has 0 saturated carbocycles. The van der Waals surface area contributed by atoms with Gasteiger partial charge in [-0.15, -0.1) is 0 Å². The fourth-order valence-electron chi connectivity index (χ4n) is 3.58. The molecule has 2 heterocycles. The van der Waals surface area contributed by atoms with Crippen LogP contribution in [0.25, 0.3) is 21.9 Å². The van der Waals surface area contributed by atoms with Crippen molar-refractivity contribution < 1.29 is 27.9 Å². The number of furan rings is 2. The zero-order valence-corrected chi connectivity index (χ0v) is 17.7. The van der Waals surface area contributed by atoms with Gasteiger partial charge in [0.05, 0.1) is 30.6 Å². The molecule has 0 bridgehead atoms. The summed E-state index contributed by atoms with van der Waals surface area (Å²) in [5.74, 6) is 0.251. The van der Waals surface area contributed by atoms with E-state index in [0.717, 1.165) is 34.1 Å². The standard InChI is InChI=1S/C25H24O6/c1-15(23-14-20-13-18(24(26)28-3)7-9-22(20)31-23)4-5-16(2)30-25(27)19-6-8-21-17(12-19)10-11-29-21/h6-16H,4-5H2,1-3H3. The minimum absolute atomic E-state index is 0.136. The van der Waals surface area contributed by atoms with Gasteiger partial charge in [0.1, 0.15) is 16.9 Å². The molecule has 6 heteroatoms. The number of hydrogen-bond donors (Lipinski definition) is 0. The maximum absolute atomic E-state index is 12.5. The van der Waals surface area contributed by atoms with Gasteiger partial charge in [-0.1, -0.05) is 6.92 Å². The molecule has 2 unspecified atom stereocenters. The molecule has 4 aromatic rings. The van der Waals surface area contributed by atoms with Crippen LogP contribution in [0.2, 0.25) is 0 Å². The lowest BCUT2D eigenvalue weighted by Gasteiger charge is -2.15. The van der Waals surface area contributed by atoms with E-state index < -0.39 is 0 Å². The smallest absolute Gasteiger partial charge is 0.338 e. The van der Waals surface area contributed by atoms with Crippen LogP contribution in [0.3, 0.4) is 0 Å². The zero-order valence-electron chi connectivity index (χ0n) is 17.7. The molecule has 2 atom stereocenters. The van der Waals surface area contributed by atoms with Crippen LogP contribution in [-0.4, -0.2) is 25.2 Å². The molecule has 160 valence electrons. The van der Waals surface area contributed by atoms with Crippen molar-refractivity contribution in [3.63, 3.8) is 0 Å². The number of carbonyl (C=O) groups excluding carboxylic acids is 2. The molecule has 0 aliphatic heterocycles. The van der Waals surface area contributed by atoms with Crippen molar-refractivity contribution in [2.24, 2.45) is 0 Å². The van der Waals surface area contributed by atoms with Crippen molar-refractivity contribution in [1.82, 2.24) is 0 Å². The third-order valence-corrected chi connectivity index (χ3v) is 5.44. The summed E-state index contributed by atoms with van der Waals surface area (Å²) in [6, 6.07) is 14.2. The van der Waals surface area contributed by atoms with Crippen molar-refractivity contribution >= 4 is 33.9 Å². The number of benzene rings is 2. The summed E-state index contributed by atoms with van der Waals surface area (Å²) in [7, 11) is 1.36. The Hall–Kier alpha value is -3.54. The van der Waals surface area contributed by atoms with Gasteiger partial charge in [0.25, 0.3) is 0 Å². The Kier molecular flexibility index (Phi) is 5.80. The van der Waals surface area contributed by atoms with E-state index in [1.54, 1.807) is 42.7 Å². The monoisotopic (exact) mass is 420 g/mol. The minimum Gasteiger partial charge on any atom is -0.465 e. The largest absolute Gasteiger partial charge is 0.465 e. The van der Waals surface area contributed by atoms with Gasteiger partial charge in [0.15, 0.2) is 0 Å². The molecule has 2 aromatic heterocycles. The number of ether oxygens (including phenoxy) is 2. The molecular weight excluding hydrogens is 396 g/mol. The number of carbonyl (C=O) groups is 2. The molecule has 4 rings (SSSR count). The summed E-state index contributed by atoms with van der Waals surface area (Å²) in [5.41, 5.74) is 2.46. The topological polar surface area (TPSA) is 78.9 Å². The SMILES string of the molecule is COC(=O)c1ccc2oc(C(C)CCC(C)OC(=O)c3ccc4occc4c3)cc2c1. The zero-order chi connectivity index (χ0) is 22.0. The lowest BCUT2D eigenvalue weighted by Crippen LogP contribution is -2.15. The lowest BCUT2D eigenvalue weighted by atomic mass is 10.0. The summed E-state index contributed by atoms with van der Waals surface area (Å²) in [6.07, 6.45) is 2.85. The van der Waals surface area contributed by atoms with Gasteiger partial charge in [-0.3, -0.25) is 0 Å². The number of hydrogen-bond acceptors (Lipinski definition) is 6. The molecule has 0 radical (unpaired) electrons. The second kappa shape index (κ2) is 8.68. The van der Waals surface area contributed by atoms with Crippen LogP contribution in [0.4, 0.5) is 0 Å². The minimum atomic E-state index is -0.375. The summed E-state index contributed by atoms with van der Waals surface area (Å²) in [4.78, 5) is 24.2. The number of esters is 2. The molecule has 0 aliphatic rings. The number of fused-ring (bicyclic) bond motifs is 2. The summed E-state index contributed by atoms with van der Waals surface area (Å²) >= 11 is 0. The predicted octanol–water partition coefficient (Wildman–Crippen LogP) is 6.09. The first kappa shape index (κ1) is 20.7. The number of rotatable bonds is 7. The van der Waals surface area contributed by atoms with E-state index in [-0.39, 0.29) is 24.0 Å². The molecule has 0 saturated heterocycles. The average Bonchev–Trinajstić information content (AvgIpc) is 3.42. The molecule has 6 nitrogen and oxygen atoms in total. The van der Waals surface area contributed by atoms with E-state index >= 15 is 0 Å². The van der Waals surface area contributed by atoms with Gasteiger partial charge in [-0.25, -0.2) is 9.59 Å². The Bertz CT molecular complexity index is 1230. The van der Waals surface area contributed by atoms with Crippen molar-refractivity contribution in [3.05, 3.63) is 71.7 Å². The highest BCUT2D eigenvalue weighted by Crippen LogP contribution is 2.29. The molecule has 0 fully saturated rings. The quantitative estimate of drug-likeness (QED) is 0.336. The van der Waals surface area contributed by atoms with E-state index in [4.69, 9.17) is 18.3 Å². The van der Waals surface area contributed by atoms with E-state index in [1.165, 1.54) is 7.11 Å². The lowest BCUT2D eigenvalue weighted by molar-refractivity contribution is 0.0316. The van der Waals surface area contributed by atoms with Crippen LogP contribution in [0, 0.1) is 0 Å². The Morgan fingerprint density at radius 2 is 1.58 bits per heavy atom. The van der Waals surface area contributed by atoms with Gasteiger partial charge in [-0.05, 0) is 68.3 Å². The Morgan fingerprint density at radius 1 is 0.871 bits per heavy atom. The Labute approximate surface area is 179 Å². The van der Waals surface area contributed by atoms with Gasteiger partial charge in [0, 0.05) is 16.7 Å². The van der Waals surface area contributed by atoms with Crippen molar-refractivity contribution in [2.75, 3.05) is 7.11 Å². The number of methoxy groups -OCH3 is 1. The molecule has 0 spiro atoms. The Balaban J connectivity index is 1.35. The third-order valence-electron chi connectivity index (χ3n) is 5.44. The third kappa shape index (κ3) is 4.48. The van der Waals surface area contributed by atoms with Gasteiger partial charge < -0.3 is 18.3 Å². The molecule has 0 amide bonds. The van der Waals surface area contributed by atoms with Crippen LogP contribution in [0.5, 0.6) is 0 Å². The van der Waals surface area contributed by atoms with Crippen LogP contribution < -0.4 is 0 Å². The first-order valence-corrected chi connectivity index (χ1v) is 10.2. The maximum atomic E-state index is 12.5. The van der Waals surface area contributed by atoms with Crippen molar-refractivity contribution in [3.8, 4) is 0 Å². The highest BCUT2D eigenvalue weighted by atomic mass is 16.5. The second-order valence-corrected chi connectivity index (χ2v) is 7.76. The molecule has 0 aliphatic carbocycles. The molecule has 0 N–H and O–H groups in total. The fraction of sp³-hybridized carbons (Fsp3) is 0.280. The predicted molar refractivity (Wildman–Crippen MR) is 116 cm³/mol. The molecular formula is C25H24O6. The van der Waals surface area contributed by atoms with Crippen molar-refractivity contribution in [2.45, 2.75) is 38.7 Å². The molecule has 31 heavy (non-hydrogen) atoms. The maximum Gasteiger partial charge on any atom is 0.338 e. The first-order chi connectivity index (χ1) is 14.9. The summed E-state index contributed by atoms with van der Waals surface area (Å²) < 4.78 is 21.6. The van der Waals surface area contributed by atoms with Crippen LogP contribution in [0.1, 0.15) is 59.1 Å². The van der Waals surface area contributed by atoms with E-state index in [0.29, 0.717) is 17.5 Å². The van der Waals surface area contributed by atoms with E-state index in [9.17, 15) is 9.59 Å². The van der Waals surface area contributed by atoms with Gasteiger partial charge in [0.2, 0.25) is 0 Å². The average molecular weight is 420 g/mol. The van der Waals surface area contributed by atoms with Crippen LogP contribution in [-0.2, 0) is 9.47 Å². The highest BCUT2D eigenvalue weighted by molar-refractivity contribution is 5.95. The van der Waals surface area contributed by atoms with Crippen LogP contribution in [0.15, 0.2) is 63.6 Å². The first-order valence-electron chi connectivity index (χ1n) is 10.2.